The normalized spacial score (nSPS) is 17.0. The van der Waals surface area contributed by atoms with Gasteiger partial charge in [-0.05, 0) is 56.0 Å². The average Bonchev–Trinajstić information content (AvgIpc) is 2.96. The van der Waals surface area contributed by atoms with Gasteiger partial charge in [-0.1, -0.05) is 24.3 Å². The number of aromatic hydroxyl groups is 1. The smallest absolute Gasteiger partial charge is 0.115 e. The molecule has 5 heteroatoms. The van der Waals surface area contributed by atoms with Crippen LogP contribution in [0.3, 0.4) is 0 Å². The number of aryl methyl sites for hydroxylation is 1. The Balaban J connectivity index is 1.53. The van der Waals surface area contributed by atoms with Gasteiger partial charge in [-0.2, -0.15) is 0 Å². The molecular weight excluding hydrogens is 276 g/mol. The van der Waals surface area contributed by atoms with Gasteiger partial charge in [0.2, 0.25) is 0 Å². The molecule has 0 atom stereocenters. The molecule has 0 aliphatic carbocycles. The van der Waals surface area contributed by atoms with E-state index in [0.717, 1.165) is 51.1 Å². The highest BCUT2D eigenvalue weighted by Gasteiger charge is 2.21. The van der Waals surface area contributed by atoms with Gasteiger partial charge in [0.15, 0.2) is 0 Å². The van der Waals surface area contributed by atoms with E-state index in [1.807, 2.05) is 16.8 Å². The largest absolute Gasteiger partial charge is 0.508 e. The third-order valence-corrected chi connectivity index (χ3v) is 4.35. The SMILES string of the molecule is CCCn1cc(CN2CCC(c3cccc(O)c3)CC2)nn1. The third-order valence-electron chi connectivity index (χ3n) is 4.35. The zero-order valence-corrected chi connectivity index (χ0v) is 13.1. The van der Waals surface area contributed by atoms with Crippen molar-refractivity contribution in [1.29, 1.82) is 0 Å². The second-order valence-corrected chi connectivity index (χ2v) is 6.12. The predicted molar refractivity (Wildman–Crippen MR) is 85.7 cm³/mol. The Kier molecular flexibility index (Phi) is 4.73. The summed E-state index contributed by atoms with van der Waals surface area (Å²) >= 11 is 0. The van der Waals surface area contributed by atoms with Crippen LogP contribution < -0.4 is 0 Å². The zero-order valence-electron chi connectivity index (χ0n) is 13.1. The molecule has 0 saturated carbocycles. The van der Waals surface area contributed by atoms with Crippen molar-refractivity contribution in [2.45, 2.75) is 45.2 Å². The summed E-state index contributed by atoms with van der Waals surface area (Å²) in [5, 5.41) is 18.0. The minimum Gasteiger partial charge on any atom is -0.508 e. The summed E-state index contributed by atoms with van der Waals surface area (Å²) in [6.45, 7) is 6.11. The van der Waals surface area contributed by atoms with Gasteiger partial charge in [0, 0.05) is 19.3 Å². The molecule has 3 rings (SSSR count). The minimum atomic E-state index is 0.368. The highest BCUT2D eigenvalue weighted by atomic mass is 16.3. The Labute approximate surface area is 131 Å². The lowest BCUT2D eigenvalue weighted by atomic mass is 9.89. The first-order chi connectivity index (χ1) is 10.7. The van der Waals surface area contributed by atoms with Crippen molar-refractivity contribution < 1.29 is 5.11 Å². The first kappa shape index (κ1) is 15.0. The molecule has 0 amide bonds. The second-order valence-electron chi connectivity index (χ2n) is 6.12. The molecule has 5 nitrogen and oxygen atoms in total. The van der Waals surface area contributed by atoms with Gasteiger partial charge < -0.3 is 5.11 Å². The van der Waals surface area contributed by atoms with Gasteiger partial charge in [-0.3, -0.25) is 9.58 Å². The van der Waals surface area contributed by atoms with Crippen molar-refractivity contribution in [2.24, 2.45) is 0 Å². The molecule has 1 aliphatic rings. The summed E-state index contributed by atoms with van der Waals surface area (Å²) in [7, 11) is 0. The van der Waals surface area contributed by atoms with Crippen molar-refractivity contribution in [3.8, 4) is 5.75 Å². The standard InChI is InChI=1S/C17H24N4O/c1-2-8-21-13-16(18-19-21)12-20-9-6-14(7-10-20)15-4-3-5-17(22)11-15/h3-5,11,13-14,22H,2,6-10,12H2,1H3. The van der Waals surface area contributed by atoms with Crippen LogP contribution in [0.25, 0.3) is 0 Å². The van der Waals surface area contributed by atoms with Crippen LogP contribution in [0.4, 0.5) is 0 Å². The second kappa shape index (κ2) is 6.92. The van der Waals surface area contributed by atoms with Gasteiger partial charge in [-0.15, -0.1) is 5.10 Å². The highest BCUT2D eigenvalue weighted by molar-refractivity contribution is 5.30. The quantitative estimate of drug-likeness (QED) is 0.922. The fourth-order valence-corrected chi connectivity index (χ4v) is 3.18. The summed E-state index contributed by atoms with van der Waals surface area (Å²) < 4.78 is 1.93. The summed E-state index contributed by atoms with van der Waals surface area (Å²) in [5.41, 5.74) is 2.32. The van der Waals surface area contributed by atoms with Crippen molar-refractivity contribution in [3.05, 3.63) is 41.7 Å². The number of nitrogens with zero attached hydrogens (tertiary/aromatic N) is 4. The molecule has 0 radical (unpaired) electrons. The van der Waals surface area contributed by atoms with Crippen LogP contribution in [0.2, 0.25) is 0 Å². The van der Waals surface area contributed by atoms with E-state index >= 15 is 0 Å². The van der Waals surface area contributed by atoms with Crippen LogP contribution in [0.1, 0.15) is 43.4 Å². The van der Waals surface area contributed by atoms with E-state index < -0.39 is 0 Å². The average molecular weight is 300 g/mol. The van der Waals surface area contributed by atoms with E-state index in [1.54, 1.807) is 6.07 Å². The Hall–Kier alpha value is -1.88. The van der Waals surface area contributed by atoms with Crippen LogP contribution in [0.5, 0.6) is 5.75 Å². The van der Waals surface area contributed by atoms with Gasteiger partial charge in [0.25, 0.3) is 0 Å². The first-order valence-corrected chi connectivity index (χ1v) is 8.15. The Bertz CT molecular complexity index is 602. The molecule has 0 spiro atoms. The fourth-order valence-electron chi connectivity index (χ4n) is 3.18. The van der Waals surface area contributed by atoms with Crippen molar-refractivity contribution in [2.75, 3.05) is 13.1 Å². The molecule has 1 aromatic carbocycles. The van der Waals surface area contributed by atoms with Crippen LogP contribution >= 0.6 is 0 Å². The molecule has 118 valence electrons. The van der Waals surface area contributed by atoms with Gasteiger partial charge >= 0.3 is 0 Å². The molecule has 22 heavy (non-hydrogen) atoms. The highest BCUT2D eigenvalue weighted by Crippen LogP contribution is 2.30. The Morgan fingerprint density at radius 1 is 1.27 bits per heavy atom. The van der Waals surface area contributed by atoms with E-state index in [1.165, 1.54) is 5.56 Å². The van der Waals surface area contributed by atoms with Crippen LogP contribution in [-0.2, 0) is 13.1 Å². The number of hydrogen-bond acceptors (Lipinski definition) is 4. The minimum absolute atomic E-state index is 0.368. The lowest BCUT2D eigenvalue weighted by Gasteiger charge is -2.31. The number of phenolic OH excluding ortho intramolecular Hbond substituents is 1. The van der Waals surface area contributed by atoms with E-state index in [-0.39, 0.29) is 0 Å². The molecule has 2 aromatic rings. The van der Waals surface area contributed by atoms with Gasteiger partial charge in [0.1, 0.15) is 5.75 Å². The molecule has 1 fully saturated rings. The van der Waals surface area contributed by atoms with Crippen molar-refractivity contribution in [3.63, 3.8) is 0 Å². The molecule has 1 saturated heterocycles. The van der Waals surface area contributed by atoms with Crippen LogP contribution in [-0.4, -0.2) is 38.1 Å². The number of benzene rings is 1. The van der Waals surface area contributed by atoms with Crippen LogP contribution in [0.15, 0.2) is 30.5 Å². The molecule has 0 unspecified atom stereocenters. The van der Waals surface area contributed by atoms with Gasteiger partial charge in [0.05, 0.1) is 5.69 Å². The number of piperidine rings is 1. The lowest BCUT2D eigenvalue weighted by molar-refractivity contribution is 0.202. The van der Waals surface area contributed by atoms with Crippen molar-refractivity contribution in [1.82, 2.24) is 19.9 Å². The summed E-state index contributed by atoms with van der Waals surface area (Å²) in [4.78, 5) is 2.44. The summed E-state index contributed by atoms with van der Waals surface area (Å²) in [6.07, 6.45) is 5.40. The molecular formula is C17H24N4O. The fraction of sp³-hybridized carbons (Fsp3) is 0.529. The zero-order chi connectivity index (χ0) is 15.4. The molecule has 1 aliphatic heterocycles. The maximum atomic E-state index is 9.61. The predicted octanol–water partition coefficient (Wildman–Crippen LogP) is 2.77. The number of rotatable bonds is 5. The molecule has 2 heterocycles. The summed E-state index contributed by atoms with van der Waals surface area (Å²) in [6, 6.07) is 7.69. The van der Waals surface area contributed by atoms with Crippen LogP contribution in [0, 0.1) is 0 Å². The van der Waals surface area contributed by atoms with E-state index in [9.17, 15) is 5.11 Å². The molecule has 0 bridgehead atoms. The Morgan fingerprint density at radius 2 is 2.09 bits per heavy atom. The monoisotopic (exact) mass is 300 g/mol. The topological polar surface area (TPSA) is 54.2 Å². The van der Waals surface area contributed by atoms with E-state index in [2.05, 4.69) is 34.4 Å². The number of likely N-dealkylation sites (tertiary alicyclic amines) is 1. The number of aromatic nitrogens is 3. The maximum absolute atomic E-state index is 9.61. The molecule has 1 aromatic heterocycles. The first-order valence-electron chi connectivity index (χ1n) is 8.15. The third kappa shape index (κ3) is 3.65. The number of hydrogen-bond donors (Lipinski definition) is 1. The van der Waals surface area contributed by atoms with Crippen molar-refractivity contribution >= 4 is 0 Å². The number of phenols is 1. The van der Waals surface area contributed by atoms with E-state index in [4.69, 9.17) is 0 Å². The lowest BCUT2D eigenvalue weighted by Crippen LogP contribution is -2.32. The Morgan fingerprint density at radius 3 is 2.82 bits per heavy atom. The van der Waals surface area contributed by atoms with E-state index in [0.29, 0.717) is 11.7 Å². The molecule has 1 N–H and O–H groups in total. The van der Waals surface area contributed by atoms with Gasteiger partial charge in [-0.25, -0.2) is 0 Å². The summed E-state index contributed by atoms with van der Waals surface area (Å²) in [5.74, 6) is 0.923. The maximum Gasteiger partial charge on any atom is 0.115 e.